The van der Waals surface area contributed by atoms with Crippen LogP contribution in [0.15, 0.2) is 18.3 Å². The summed E-state index contributed by atoms with van der Waals surface area (Å²) < 4.78 is 0. The van der Waals surface area contributed by atoms with E-state index in [0.29, 0.717) is 19.5 Å². The minimum Gasteiger partial charge on any atom is -0.364 e. The van der Waals surface area contributed by atoms with Gasteiger partial charge in [-0.1, -0.05) is 13.8 Å². The van der Waals surface area contributed by atoms with Gasteiger partial charge < -0.3 is 15.6 Å². The van der Waals surface area contributed by atoms with E-state index in [0.717, 1.165) is 5.69 Å². The van der Waals surface area contributed by atoms with Crippen LogP contribution in [-0.4, -0.2) is 29.4 Å². The smallest absolute Gasteiger partial charge is 0.228 e. The van der Waals surface area contributed by atoms with Gasteiger partial charge in [-0.05, 0) is 25.1 Å². The zero-order chi connectivity index (χ0) is 12.2. The number of hydrogen-bond acceptors (Lipinski definition) is 2. The van der Waals surface area contributed by atoms with Gasteiger partial charge >= 0.3 is 0 Å². The molecule has 0 saturated heterocycles. The van der Waals surface area contributed by atoms with Crippen molar-refractivity contribution in [3.63, 3.8) is 0 Å². The highest BCUT2D eigenvalue weighted by Gasteiger charge is 2.29. The van der Waals surface area contributed by atoms with Crippen molar-refractivity contribution < 1.29 is 4.79 Å². The summed E-state index contributed by atoms with van der Waals surface area (Å²) in [4.78, 5) is 17.0. The molecule has 0 saturated carbocycles. The molecular weight excluding hydrogens is 202 g/mol. The topological polar surface area (TPSA) is 62.1 Å². The first-order chi connectivity index (χ1) is 7.47. The summed E-state index contributed by atoms with van der Waals surface area (Å²) in [5.74, 6) is 0.132. The van der Waals surface area contributed by atoms with Crippen molar-refractivity contribution in [3.8, 4) is 0 Å². The Morgan fingerprint density at radius 2 is 2.25 bits per heavy atom. The van der Waals surface area contributed by atoms with E-state index >= 15 is 0 Å². The predicted molar refractivity (Wildman–Crippen MR) is 64.7 cm³/mol. The normalized spacial score (nSPS) is 11.5. The molecule has 0 atom stereocenters. The van der Waals surface area contributed by atoms with Crippen LogP contribution in [0.25, 0.3) is 0 Å². The number of nitrogens with two attached hydrogens (primary N) is 1. The first-order valence-corrected chi connectivity index (χ1v) is 5.55. The number of nitrogens with zero attached hydrogens (tertiary/aromatic N) is 1. The van der Waals surface area contributed by atoms with Gasteiger partial charge in [0.1, 0.15) is 0 Å². The Labute approximate surface area is 96.8 Å². The van der Waals surface area contributed by atoms with Crippen LogP contribution in [-0.2, 0) is 11.3 Å². The van der Waals surface area contributed by atoms with Gasteiger partial charge in [-0.2, -0.15) is 0 Å². The molecule has 0 aromatic carbocycles. The highest BCUT2D eigenvalue weighted by molar-refractivity contribution is 5.81. The third-order valence-electron chi connectivity index (χ3n) is 2.76. The quantitative estimate of drug-likeness (QED) is 0.791. The van der Waals surface area contributed by atoms with Crippen LogP contribution >= 0.6 is 0 Å². The number of nitrogens with one attached hydrogen (secondary N) is 1. The monoisotopic (exact) mass is 223 g/mol. The van der Waals surface area contributed by atoms with Gasteiger partial charge in [-0.3, -0.25) is 4.79 Å². The lowest BCUT2D eigenvalue weighted by Gasteiger charge is -2.28. The molecule has 1 amide bonds. The number of amides is 1. The number of rotatable bonds is 5. The number of aromatic amines is 1. The maximum absolute atomic E-state index is 12.1. The molecule has 16 heavy (non-hydrogen) atoms. The molecule has 90 valence electrons. The Morgan fingerprint density at radius 3 is 2.75 bits per heavy atom. The Kier molecular flexibility index (Phi) is 4.12. The highest BCUT2D eigenvalue weighted by Crippen LogP contribution is 2.22. The molecule has 0 aliphatic heterocycles. The maximum Gasteiger partial charge on any atom is 0.228 e. The third kappa shape index (κ3) is 3.10. The van der Waals surface area contributed by atoms with E-state index in [-0.39, 0.29) is 11.3 Å². The van der Waals surface area contributed by atoms with Crippen molar-refractivity contribution in [1.82, 2.24) is 9.88 Å². The summed E-state index contributed by atoms with van der Waals surface area (Å²) in [5.41, 5.74) is 6.17. The number of carbonyl (C=O) groups is 1. The summed E-state index contributed by atoms with van der Waals surface area (Å²) in [6, 6.07) is 3.90. The summed E-state index contributed by atoms with van der Waals surface area (Å²) >= 11 is 0. The van der Waals surface area contributed by atoms with Crippen LogP contribution in [0.4, 0.5) is 0 Å². The van der Waals surface area contributed by atoms with E-state index < -0.39 is 0 Å². The Morgan fingerprint density at radius 1 is 1.56 bits per heavy atom. The molecule has 0 bridgehead atoms. The first-order valence-electron chi connectivity index (χ1n) is 5.55. The van der Waals surface area contributed by atoms with E-state index in [9.17, 15) is 4.79 Å². The van der Waals surface area contributed by atoms with Crippen molar-refractivity contribution in [2.24, 2.45) is 11.1 Å². The second-order valence-electron chi connectivity index (χ2n) is 4.78. The largest absolute Gasteiger partial charge is 0.364 e. The Balaban J connectivity index is 2.60. The molecule has 1 aromatic heterocycles. The molecule has 0 aliphatic carbocycles. The van der Waals surface area contributed by atoms with E-state index in [1.165, 1.54) is 0 Å². The van der Waals surface area contributed by atoms with Crippen molar-refractivity contribution in [1.29, 1.82) is 0 Å². The first kappa shape index (κ1) is 12.8. The summed E-state index contributed by atoms with van der Waals surface area (Å²) in [6.07, 6.45) is 2.57. The van der Waals surface area contributed by atoms with Gasteiger partial charge in [-0.25, -0.2) is 0 Å². The van der Waals surface area contributed by atoms with Gasteiger partial charge in [0.2, 0.25) is 5.91 Å². The SMILES string of the molecule is CN(Cc1ccc[nH]1)C(=O)C(C)(C)CCN. The minimum absolute atomic E-state index is 0.132. The van der Waals surface area contributed by atoms with Crippen LogP contribution in [0, 0.1) is 5.41 Å². The molecule has 3 N–H and O–H groups in total. The molecule has 0 spiro atoms. The van der Waals surface area contributed by atoms with Gasteiger partial charge in [-0.15, -0.1) is 0 Å². The predicted octanol–water partition coefficient (Wildman–Crippen LogP) is 1.35. The van der Waals surface area contributed by atoms with E-state index in [1.54, 1.807) is 4.90 Å². The van der Waals surface area contributed by atoms with Crippen LogP contribution in [0.2, 0.25) is 0 Å². The lowest BCUT2D eigenvalue weighted by Crippen LogP contribution is -2.39. The fraction of sp³-hybridized carbons (Fsp3) is 0.583. The minimum atomic E-state index is -0.379. The van der Waals surface area contributed by atoms with Crippen LogP contribution in [0.5, 0.6) is 0 Å². The standard InChI is InChI=1S/C12H21N3O/c1-12(2,6-7-13)11(16)15(3)9-10-5-4-8-14-10/h4-5,8,14H,6-7,9,13H2,1-3H3. The lowest BCUT2D eigenvalue weighted by molar-refractivity contribution is -0.139. The van der Waals surface area contributed by atoms with E-state index in [1.807, 2.05) is 39.2 Å². The van der Waals surface area contributed by atoms with Gasteiger partial charge in [0.15, 0.2) is 0 Å². The molecule has 4 heteroatoms. The fourth-order valence-electron chi connectivity index (χ4n) is 1.78. The molecule has 4 nitrogen and oxygen atoms in total. The number of aromatic nitrogens is 1. The molecule has 0 fully saturated rings. The maximum atomic E-state index is 12.1. The second kappa shape index (κ2) is 5.16. The average molecular weight is 223 g/mol. The zero-order valence-corrected chi connectivity index (χ0v) is 10.3. The third-order valence-corrected chi connectivity index (χ3v) is 2.76. The number of carbonyl (C=O) groups excluding carboxylic acids is 1. The van der Waals surface area contributed by atoms with Crippen molar-refractivity contribution in [2.45, 2.75) is 26.8 Å². The average Bonchev–Trinajstić information content (AvgIpc) is 2.69. The van der Waals surface area contributed by atoms with Crippen LogP contribution in [0.1, 0.15) is 26.0 Å². The molecule has 0 aliphatic rings. The van der Waals surface area contributed by atoms with Gasteiger partial charge in [0.25, 0.3) is 0 Å². The van der Waals surface area contributed by atoms with Crippen molar-refractivity contribution in [2.75, 3.05) is 13.6 Å². The molecular formula is C12H21N3O. The van der Waals surface area contributed by atoms with Crippen LogP contribution in [0.3, 0.4) is 0 Å². The number of H-pyrrole nitrogens is 1. The molecule has 1 rings (SSSR count). The molecule has 0 radical (unpaired) electrons. The molecule has 1 aromatic rings. The fourth-order valence-corrected chi connectivity index (χ4v) is 1.78. The van der Waals surface area contributed by atoms with E-state index in [2.05, 4.69) is 4.98 Å². The summed E-state index contributed by atoms with van der Waals surface area (Å²) in [7, 11) is 1.82. The highest BCUT2D eigenvalue weighted by atomic mass is 16.2. The zero-order valence-electron chi connectivity index (χ0n) is 10.3. The molecule has 1 heterocycles. The Bertz CT molecular complexity index is 330. The van der Waals surface area contributed by atoms with Gasteiger partial charge in [0, 0.05) is 24.4 Å². The van der Waals surface area contributed by atoms with Crippen molar-refractivity contribution in [3.05, 3.63) is 24.0 Å². The second-order valence-corrected chi connectivity index (χ2v) is 4.78. The summed E-state index contributed by atoms with van der Waals surface area (Å²) in [5, 5.41) is 0. The van der Waals surface area contributed by atoms with E-state index in [4.69, 9.17) is 5.73 Å². The lowest BCUT2D eigenvalue weighted by atomic mass is 9.88. The number of hydrogen-bond donors (Lipinski definition) is 2. The van der Waals surface area contributed by atoms with Crippen molar-refractivity contribution >= 4 is 5.91 Å². The summed E-state index contributed by atoms with van der Waals surface area (Å²) in [6.45, 7) is 5.02. The van der Waals surface area contributed by atoms with Gasteiger partial charge in [0.05, 0.1) is 6.54 Å². The molecule has 0 unspecified atom stereocenters. The van der Waals surface area contributed by atoms with Crippen LogP contribution < -0.4 is 5.73 Å². The Hall–Kier alpha value is -1.29.